The molecule has 1 saturated heterocycles. The van der Waals surface area contributed by atoms with E-state index in [0.29, 0.717) is 6.04 Å². The molecule has 0 amide bonds. The van der Waals surface area contributed by atoms with Gasteiger partial charge in [0.05, 0.1) is 15.8 Å². The van der Waals surface area contributed by atoms with Gasteiger partial charge in [-0.05, 0) is 54.9 Å². The van der Waals surface area contributed by atoms with Gasteiger partial charge in [0, 0.05) is 6.20 Å². The summed E-state index contributed by atoms with van der Waals surface area (Å²) in [6, 6.07) is 0.610. The monoisotopic (exact) mass is 291 g/mol. The number of nitrogens with zero attached hydrogens (tertiary/aromatic N) is 2. The average Bonchev–Trinajstić information content (AvgIpc) is 2.43. The van der Waals surface area contributed by atoms with Crippen LogP contribution < -0.4 is 5.32 Å². The Bertz CT molecular complexity index is 264. The molecule has 1 fully saturated rings. The third-order valence-corrected chi connectivity index (χ3v) is 3.05. The van der Waals surface area contributed by atoms with Gasteiger partial charge in [-0.3, -0.25) is 4.68 Å². The van der Waals surface area contributed by atoms with E-state index in [9.17, 15) is 0 Å². The van der Waals surface area contributed by atoms with Crippen LogP contribution in [0.4, 0.5) is 0 Å². The van der Waals surface area contributed by atoms with Gasteiger partial charge in [0.25, 0.3) is 0 Å². The molecule has 1 aromatic rings. The first-order valence-corrected chi connectivity index (χ1v) is 5.84. The quantitative estimate of drug-likeness (QED) is 0.800. The molecule has 4 heteroatoms. The summed E-state index contributed by atoms with van der Waals surface area (Å²) in [6.45, 7) is 2.29. The molecule has 2 heterocycles. The molecule has 1 aromatic heterocycles. The van der Waals surface area contributed by atoms with E-state index in [1.54, 1.807) is 0 Å². The summed E-state index contributed by atoms with van der Waals surface area (Å²) in [6.07, 6.45) is 7.79. The van der Waals surface area contributed by atoms with Gasteiger partial charge >= 0.3 is 0 Å². The minimum Gasteiger partial charge on any atom is -0.317 e. The number of rotatable bonds is 1. The van der Waals surface area contributed by atoms with E-state index >= 15 is 0 Å². The van der Waals surface area contributed by atoms with Crippen LogP contribution in [0.1, 0.15) is 25.3 Å². The first-order valence-electron chi connectivity index (χ1n) is 4.76. The van der Waals surface area contributed by atoms with E-state index in [1.165, 1.54) is 22.8 Å². The second-order valence-corrected chi connectivity index (χ2v) is 4.72. The molecule has 1 aliphatic heterocycles. The lowest BCUT2D eigenvalue weighted by Gasteiger charge is -2.13. The van der Waals surface area contributed by atoms with Crippen molar-refractivity contribution in [1.82, 2.24) is 15.1 Å². The van der Waals surface area contributed by atoms with E-state index in [4.69, 9.17) is 0 Å². The summed E-state index contributed by atoms with van der Waals surface area (Å²) in [5.74, 6) is 0. The van der Waals surface area contributed by atoms with Crippen molar-refractivity contribution in [2.24, 2.45) is 0 Å². The smallest absolute Gasteiger partial charge is 0.0623 e. The van der Waals surface area contributed by atoms with Crippen molar-refractivity contribution >= 4 is 22.6 Å². The minimum absolute atomic E-state index is 0.610. The first-order chi connectivity index (χ1) is 6.36. The molecule has 13 heavy (non-hydrogen) atoms. The third-order valence-electron chi connectivity index (χ3n) is 2.49. The first kappa shape index (κ1) is 9.45. The Balaban J connectivity index is 2.06. The maximum Gasteiger partial charge on any atom is 0.0623 e. The van der Waals surface area contributed by atoms with Crippen molar-refractivity contribution in [1.29, 1.82) is 0 Å². The Labute approximate surface area is 92.0 Å². The number of aromatic nitrogens is 2. The van der Waals surface area contributed by atoms with Crippen LogP contribution in [0.5, 0.6) is 0 Å². The van der Waals surface area contributed by atoms with E-state index in [0.717, 1.165) is 13.1 Å². The fourth-order valence-electron chi connectivity index (χ4n) is 1.78. The molecule has 0 saturated carbocycles. The van der Waals surface area contributed by atoms with Crippen molar-refractivity contribution in [3.05, 3.63) is 16.0 Å². The third kappa shape index (κ3) is 2.43. The highest BCUT2D eigenvalue weighted by Crippen LogP contribution is 2.19. The number of halogens is 1. The van der Waals surface area contributed by atoms with E-state index in [1.807, 2.05) is 6.20 Å². The number of nitrogens with one attached hydrogen (secondary N) is 1. The molecule has 1 aliphatic rings. The normalized spacial score (nSPS) is 24.2. The van der Waals surface area contributed by atoms with Crippen LogP contribution in [0, 0.1) is 3.57 Å². The molecule has 1 unspecified atom stereocenters. The van der Waals surface area contributed by atoms with E-state index < -0.39 is 0 Å². The lowest BCUT2D eigenvalue weighted by Crippen LogP contribution is -2.15. The lowest BCUT2D eigenvalue weighted by molar-refractivity contribution is 0.414. The standard InChI is InChI=1S/C9H14IN3/c10-8-6-12-13(7-8)9-2-1-4-11-5-3-9/h6-7,9,11H,1-5H2. The van der Waals surface area contributed by atoms with Gasteiger partial charge in [0.2, 0.25) is 0 Å². The molecule has 0 bridgehead atoms. The Hall–Kier alpha value is -0.100. The van der Waals surface area contributed by atoms with Crippen LogP contribution in [-0.4, -0.2) is 22.9 Å². The van der Waals surface area contributed by atoms with E-state index in [-0.39, 0.29) is 0 Å². The van der Waals surface area contributed by atoms with Crippen LogP contribution in [0.25, 0.3) is 0 Å². The molecule has 3 nitrogen and oxygen atoms in total. The van der Waals surface area contributed by atoms with Crippen molar-refractivity contribution < 1.29 is 0 Å². The summed E-state index contributed by atoms with van der Waals surface area (Å²) in [4.78, 5) is 0. The van der Waals surface area contributed by atoms with Crippen LogP contribution in [-0.2, 0) is 0 Å². The molecule has 0 aromatic carbocycles. The zero-order chi connectivity index (χ0) is 9.10. The zero-order valence-electron chi connectivity index (χ0n) is 7.54. The van der Waals surface area contributed by atoms with Crippen molar-refractivity contribution in [3.8, 4) is 0 Å². The Kier molecular flexibility index (Phi) is 3.21. The van der Waals surface area contributed by atoms with Crippen molar-refractivity contribution in [2.45, 2.75) is 25.3 Å². The van der Waals surface area contributed by atoms with Crippen molar-refractivity contribution in [3.63, 3.8) is 0 Å². The second kappa shape index (κ2) is 4.41. The SMILES string of the molecule is Ic1cnn(C2CCCNCC2)c1. The van der Waals surface area contributed by atoms with Gasteiger partial charge in [-0.2, -0.15) is 5.10 Å². The highest BCUT2D eigenvalue weighted by Gasteiger charge is 2.13. The van der Waals surface area contributed by atoms with Crippen LogP contribution >= 0.6 is 22.6 Å². The average molecular weight is 291 g/mol. The predicted octanol–water partition coefficient (Wildman–Crippen LogP) is 1.80. The second-order valence-electron chi connectivity index (χ2n) is 3.47. The van der Waals surface area contributed by atoms with E-state index in [2.05, 4.69) is 43.9 Å². The molecule has 0 radical (unpaired) electrons. The molecule has 0 aliphatic carbocycles. The molecular weight excluding hydrogens is 277 g/mol. The molecule has 0 spiro atoms. The van der Waals surface area contributed by atoms with Gasteiger partial charge in [-0.25, -0.2) is 0 Å². The van der Waals surface area contributed by atoms with Crippen LogP contribution in [0.3, 0.4) is 0 Å². The summed E-state index contributed by atoms with van der Waals surface area (Å²) in [5, 5.41) is 7.77. The van der Waals surface area contributed by atoms with Gasteiger partial charge in [-0.1, -0.05) is 0 Å². The summed E-state index contributed by atoms with van der Waals surface area (Å²) in [7, 11) is 0. The largest absolute Gasteiger partial charge is 0.317 e. The lowest BCUT2D eigenvalue weighted by atomic mass is 10.1. The molecule has 1 atom stereocenters. The highest BCUT2D eigenvalue weighted by atomic mass is 127. The van der Waals surface area contributed by atoms with Gasteiger partial charge < -0.3 is 5.32 Å². The maximum absolute atomic E-state index is 4.36. The number of hydrogen-bond donors (Lipinski definition) is 1. The van der Waals surface area contributed by atoms with Crippen molar-refractivity contribution in [2.75, 3.05) is 13.1 Å². The fourth-order valence-corrected chi connectivity index (χ4v) is 2.19. The van der Waals surface area contributed by atoms with Gasteiger partial charge in [-0.15, -0.1) is 0 Å². The highest BCUT2D eigenvalue weighted by molar-refractivity contribution is 14.1. The van der Waals surface area contributed by atoms with Gasteiger partial charge in [0.15, 0.2) is 0 Å². The Morgan fingerprint density at radius 3 is 3.15 bits per heavy atom. The van der Waals surface area contributed by atoms with Crippen LogP contribution in [0.2, 0.25) is 0 Å². The zero-order valence-corrected chi connectivity index (χ0v) is 9.70. The number of hydrogen-bond acceptors (Lipinski definition) is 2. The van der Waals surface area contributed by atoms with Crippen LogP contribution in [0.15, 0.2) is 12.4 Å². The Morgan fingerprint density at radius 2 is 2.38 bits per heavy atom. The maximum atomic E-state index is 4.36. The molecule has 2 rings (SSSR count). The summed E-state index contributed by atoms with van der Waals surface area (Å²) < 4.78 is 3.35. The van der Waals surface area contributed by atoms with Gasteiger partial charge in [0.1, 0.15) is 0 Å². The summed E-state index contributed by atoms with van der Waals surface area (Å²) >= 11 is 2.31. The molecule has 1 N–H and O–H groups in total. The topological polar surface area (TPSA) is 29.9 Å². The Morgan fingerprint density at radius 1 is 1.46 bits per heavy atom. The fraction of sp³-hybridized carbons (Fsp3) is 0.667. The summed E-state index contributed by atoms with van der Waals surface area (Å²) in [5.41, 5.74) is 0. The predicted molar refractivity (Wildman–Crippen MR) is 60.7 cm³/mol. The molecule has 72 valence electrons. The minimum atomic E-state index is 0.610. The molecular formula is C9H14IN3.